The van der Waals surface area contributed by atoms with E-state index in [9.17, 15) is 0 Å². The second-order valence-corrected chi connectivity index (χ2v) is 6.16. The van der Waals surface area contributed by atoms with Gasteiger partial charge in [0.1, 0.15) is 0 Å². The van der Waals surface area contributed by atoms with Gasteiger partial charge in [-0.25, -0.2) is 0 Å². The summed E-state index contributed by atoms with van der Waals surface area (Å²) in [7, 11) is 0. The molecule has 3 aromatic rings. The molecule has 0 aromatic heterocycles. The molecule has 0 saturated carbocycles. The highest BCUT2D eigenvalue weighted by molar-refractivity contribution is 5.99. The van der Waals surface area contributed by atoms with Crippen LogP contribution < -0.4 is 0 Å². The third kappa shape index (κ3) is 3.86. The van der Waals surface area contributed by atoms with Crippen molar-refractivity contribution in [1.29, 1.82) is 0 Å². The molecule has 0 fully saturated rings. The van der Waals surface area contributed by atoms with Crippen molar-refractivity contribution in [3.05, 3.63) is 120 Å². The molecular formula is C26H26. The Hall–Kier alpha value is -2.86. The lowest BCUT2D eigenvalue weighted by molar-refractivity contribution is 0.877. The van der Waals surface area contributed by atoms with E-state index >= 15 is 0 Å². The Balaban J connectivity index is 0.000000948. The summed E-state index contributed by atoms with van der Waals surface area (Å²) in [6.45, 7) is 4.00. The molecule has 26 heavy (non-hydrogen) atoms. The van der Waals surface area contributed by atoms with Crippen LogP contribution in [0.15, 0.2) is 103 Å². The van der Waals surface area contributed by atoms with E-state index in [2.05, 4.69) is 103 Å². The van der Waals surface area contributed by atoms with Crippen molar-refractivity contribution in [3.63, 3.8) is 0 Å². The molecule has 0 radical (unpaired) electrons. The third-order valence-electron chi connectivity index (χ3n) is 4.67. The van der Waals surface area contributed by atoms with Crippen molar-refractivity contribution in [2.75, 3.05) is 0 Å². The average molecular weight is 338 g/mol. The Morgan fingerprint density at radius 2 is 1.12 bits per heavy atom. The van der Waals surface area contributed by atoms with Gasteiger partial charge in [-0.05, 0) is 34.3 Å². The minimum absolute atomic E-state index is 0.397. The standard InChI is InChI=1S/C24H20.C2H6/c1-4-11-19(12-5-1)22-17-10-18-23(20-13-6-2-7-14-20)24(22)21-15-8-3-9-16-21;1-2/h1-17,23H,18H2;1-2H3. The Morgan fingerprint density at radius 3 is 1.69 bits per heavy atom. The lowest BCUT2D eigenvalue weighted by atomic mass is 9.77. The minimum Gasteiger partial charge on any atom is -0.0830 e. The van der Waals surface area contributed by atoms with Gasteiger partial charge in [-0.1, -0.05) is 117 Å². The molecule has 1 atom stereocenters. The van der Waals surface area contributed by atoms with E-state index < -0.39 is 0 Å². The van der Waals surface area contributed by atoms with Crippen molar-refractivity contribution >= 4 is 11.1 Å². The van der Waals surface area contributed by atoms with E-state index in [1.54, 1.807) is 0 Å². The summed E-state index contributed by atoms with van der Waals surface area (Å²) < 4.78 is 0. The monoisotopic (exact) mass is 338 g/mol. The molecule has 1 unspecified atom stereocenters. The van der Waals surface area contributed by atoms with E-state index in [4.69, 9.17) is 0 Å². The van der Waals surface area contributed by atoms with Crippen LogP contribution in [0.2, 0.25) is 0 Å². The van der Waals surface area contributed by atoms with Crippen molar-refractivity contribution in [1.82, 2.24) is 0 Å². The Morgan fingerprint density at radius 1 is 0.615 bits per heavy atom. The predicted octanol–water partition coefficient (Wildman–Crippen LogP) is 7.37. The van der Waals surface area contributed by atoms with Gasteiger partial charge in [0.25, 0.3) is 0 Å². The molecule has 1 aliphatic rings. The van der Waals surface area contributed by atoms with Crippen LogP contribution in [-0.4, -0.2) is 0 Å². The van der Waals surface area contributed by atoms with E-state index in [0.717, 1.165) is 6.42 Å². The van der Waals surface area contributed by atoms with Crippen LogP contribution >= 0.6 is 0 Å². The highest BCUT2D eigenvalue weighted by atomic mass is 14.3. The zero-order valence-electron chi connectivity index (χ0n) is 15.6. The quantitative estimate of drug-likeness (QED) is 0.468. The minimum atomic E-state index is 0.397. The van der Waals surface area contributed by atoms with Gasteiger partial charge >= 0.3 is 0 Å². The van der Waals surface area contributed by atoms with Gasteiger partial charge in [0.15, 0.2) is 0 Å². The van der Waals surface area contributed by atoms with E-state index in [0.29, 0.717) is 5.92 Å². The molecule has 3 aromatic carbocycles. The van der Waals surface area contributed by atoms with Gasteiger partial charge in [-0.3, -0.25) is 0 Å². The van der Waals surface area contributed by atoms with Crippen LogP contribution in [0.25, 0.3) is 11.1 Å². The predicted molar refractivity (Wildman–Crippen MR) is 114 cm³/mol. The van der Waals surface area contributed by atoms with E-state index in [-0.39, 0.29) is 0 Å². The molecule has 0 nitrogen and oxygen atoms in total. The third-order valence-corrected chi connectivity index (χ3v) is 4.67. The highest BCUT2D eigenvalue weighted by Crippen LogP contribution is 2.43. The lowest BCUT2D eigenvalue weighted by Crippen LogP contribution is -2.07. The molecule has 0 N–H and O–H groups in total. The first-order chi connectivity index (χ1) is 12.9. The van der Waals surface area contributed by atoms with Crippen LogP contribution in [0, 0.1) is 0 Å². The van der Waals surface area contributed by atoms with Crippen LogP contribution in [0.5, 0.6) is 0 Å². The largest absolute Gasteiger partial charge is 0.0830 e. The van der Waals surface area contributed by atoms with Gasteiger partial charge in [0, 0.05) is 5.92 Å². The van der Waals surface area contributed by atoms with Crippen LogP contribution in [0.4, 0.5) is 0 Å². The first-order valence-corrected chi connectivity index (χ1v) is 9.50. The molecule has 0 heteroatoms. The second-order valence-electron chi connectivity index (χ2n) is 6.16. The van der Waals surface area contributed by atoms with Crippen molar-refractivity contribution in [2.24, 2.45) is 0 Å². The van der Waals surface area contributed by atoms with Gasteiger partial charge in [0.05, 0.1) is 0 Å². The smallest absolute Gasteiger partial charge is 0.0136 e. The second kappa shape index (κ2) is 9.01. The van der Waals surface area contributed by atoms with Crippen LogP contribution in [0.1, 0.15) is 42.9 Å². The SMILES string of the molecule is C1=CC(c2ccccc2)=C(c2ccccc2)C(c2ccccc2)C1.CC. The van der Waals surface area contributed by atoms with E-state index in [1.807, 2.05) is 13.8 Å². The number of hydrogen-bond acceptors (Lipinski definition) is 0. The molecule has 0 saturated heterocycles. The molecule has 4 rings (SSSR count). The Labute approximate surface area is 157 Å². The number of rotatable bonds is 3. The maximum atomic E-state index is 2.31. The van der Waals surface area contributed by atoms with Gasteiger partial charge in [-0.2, -0.15) is 0 Å². The van der Waals surface area contributed by atoms with Crippen molar-refractivity contribution in [3.8, 4) is 0 Å². The molecule has 130 valence electrons. The zero-order valence-corrected chi connectivity index (χ0v) is 15.6. The molecule has 0 amide bonds. The fourth-order valence-electron chi connectivity index (χ4n) is 3.55. The summed E-state index contributed by atoms with van der Waals surface area (Å²) >= 11 is 0. The van der Waals surface area contributed by atoms with E-state index in [1.165, 1.54) is 27.8 Å². The number of allylic oxidation sites excluding steroid dienone is 4. The normalized spacial score (nSPS) is 16.0. The summed E-state index contributed by atoms with van der Waals surface area (Å²) in [6.07, 6.45) is 5.65. The van der Waals surface area contributed by atoms with Crippen LogP contribution in [0.3, 0.4) is 0 Å². The van der Waals surface area contributed by atoms with Gasteiger partial charge in [0.2, 0.25) is 0 Å². The maximum absolute atomic E-state index is 2.31. The van der Waals surface area contributed by atoms with Gasteiger partial charge in [-0.15, -0.1) is 0 Å². The molecule has 0 bridgehead atoms. The number of benzene rings is 3. The molecule has 1 aliphatic carbocycles. The first-order valence-electron chi connectivity index (χ1n) is 9.50. The Kier molecular flexibility index (Phi) is 6.22. The maximum Gasteiger partial charge on any atom is 0.0136 e. The number of hydrogen-bond donors (Lipinski definition) is 0. The average Bonchev–Trinajstić information content (AvgIpc) is 2.76. The Bertz CT molecular complexity index is 856. The molecular weight excluding hydrogens is 312 g/mol. The highest BCUT2D eigenvalue weighted by Gasteiger charge is 2.23. The summed E-state index contributed by atoms with van der Waals surface area (Å²) in [5.41, 5.74) is 6.74. The van der Waals surface area contributed by atoms with Crippen molar-refractivity contribution < 1.29 is 0 Å². The topological polar surface area (TPSA) is 0 Å². The lowest BCUT2D eigenvalue weighted by Gasteiger charge is -2.27. The molecule has 0 heterocycles. The molecule has 0 spiro atoms. The summed E-state index contributed by atoms with van der Waals surface area (Å²) in [6, 6.07) is 32.4. The fourth-order valence-corrected chi connectivity index (χ4v) is 3.55. The summed E-state index contributed by atoms with van der Waals surface area (Å²) in [4.78, 5) is 0. The zero-order chi connectivity index (χ0) is 18.2. The van der Waals surface area contributed by atoms with Crippen LogP contribution in [-0.2, 0) is 0 Å². The summed E-state index contributed by atoms with van der Waals surface area (Å²) in [5, 5.41) is 0. The van der Waals surface area contributed by atoms with Crippen molar-refractivity contribution in [2.45, 2.75) is 26.2 Å². The molecule has 0 aliphatic heterocycles. The fraction of sp³-hybridized carbons (Fsp3) is 0.154. The van der Waals surface area contributed by atoms with Gasteiger partial charge < -0.3 is 0 Å². The first kappa shape index (κ1) is 17.9. The summed E-state index contributed by atoms with van der Waals surface area (Å²) in [5.74, 6) is 0.397.